The lowest BCUT2D eigenvalue weighted by Crippen LogP contribution is -2.23. The molecule has 14 heavy (non-hydrogen) atoms. The molecule has 0 unspecified atom stereocenters. The Morgan fingerprint density at radius 1 is 1.50 bits per heavy atom. The molecule has 0 saturated carbocycles. The quantitative estimate of drug-likeness (QED) is 0.790. The van der Waals surface area contributed by atoms with Crippen molar-refractivity contribution in [2.45, 2.75) is 26.8 Å². The zero-order chi connectivity index (χ0) is 10.7. The molecular weight excluding hydrogens is 182 g/mol. The summed E-state index contributed by atoms with van der Waals surface area (Å²) >= 11 is 0. The first-order chi connectivity index (χ1) is 6.56. The molecule has 0 atom stereocenters. The van der Waals surface area contributed by atoms with E-state index in [2.05, 4.69) is 0 Å². The van der Waals surface area contributed by atoms with E-state index in [9.17, 15) is 9.59 Å². The average molecular weight is 195 g/mol. The number of carboxylic acid groups (broad SMARTS) is 1. The molecule has 1 aromatic rings. The maximum Gasteiger partial charge on any atom is 0.335 e. The molecule has 1 N–H and O–H groups in total. The Labute approximate surface area is 81.8 Å². The zero-order valence-electron chi connectivity index (χ0n) is 8.28. The Morgan fingerprint density at radius 3 is 2.57 bits per heavy atom. The molecule has 0 aliphatic carbocycles. The van der Waals surface area contributed by atoms with Crippen LogP contribution >= 0.6 is 0 Å². The lowest BCUT2D eigenvalue weighted by molar-refractivity contribution is 0.0696. The molecule has 0 spiro atoms. The fourth-order valence-electron chi connectivity index (χ4n) is 1.36. The highest BCUT2D eigenvalue weighted by Crippen LogP contribution is 2.01. The van der Waals surface area contributed by atoms with Gasteiger partial charge in [-0.15, -0.1) is 0 Å². The molecule has 0 amide bonds. The highest BCUT2D eigenvalue weighted by Gasteiger charge is 2.07. The first-order valence-electron chi connectivity index (χ1n) is 4.51. The van der Waals surface area contributed by atoms with Gasteiger partial charge in [-0.25, -0.2) is 4.79 Å². The van der Waals surface area contributed by atoms with Crippen LogP contribution in [0.3, 0.4) is 0 Å². The molecular formula is C10H13NO3. The van der Waals surface area contributed by atoms with Crippen molar-refractivity contribution in [1.29, 1.82) is 0 Å². The molecule has 0 bridgehead atoms. The van der Waals surface area contributed by atoms with Crippen molar-refractivity contribution in [3.05, 3.63) is 33.7 Å². The second kappa shape index (κ2) is 4.09. The van der Waals surface area contributed by atoms with E-state index in [1.165, 1.54) is 6.07 Å². The van der Waals surface area contributed by atoms with Crippen LogP contribution in [0, 0.1) is 6.92 Å². The molecule has 0 fully saturated rings. The van der Waals surface area contributed by atoms with Crippen LogP contribution in [0.2, 0.25) is 0 Å². The number of aryl methyl sites for hydroxylation is 1. The van der Waals surface area contributed by atoms with E-state index < -0.39 is 5.97 Å². The Morgan fingerprint density at radius 2 is 2.14 bits per heavy atom. The summed E-state index contributed by atoms with van der Waals surface area (Å²) in [4.78, 5) is 22.1. The number of aromatic carboxylic acids is 1. The largest absolute Gasteiger partial charge is 0.478 e. The standard InChI is InChI=1S/C10H13NO3/c1-3-4-11-7(2)5-8(10(13)14)6-9(11)12/h5-6H,3-4H2,1-2H3,(H,13,14). The lowest BCUT2D eigenvalue weighted by atomic mass is 10.2. The van der Waals surface area contributed by atoms with E-state index >= 15 is 0 Å². The number of hydrogen-bond acceptors (Lipinski definition) is 2. The highest BCUT2D eigenvalue weighted by molar-refractivity contribution is 5.87. The second-order valence-electron chi connectivity index (χ2n) is 3.18. The van der Waals surface area contributed by atoms with Crippen LogP contribution in [0.15, 0.2) is 16.9 Å². The number of nitrogens with zero attached hydrogens (tertiary/aromatic N) is 1. The fourth-order valence-corrected chi connectivity index (χ4v) is 1.36. The van der Waals surface area contributed by atoms with Crippen LogP contribution in [0.4, 0.5) is 0 Å². The zero-order valence-corrected chi connectivity index (χ0v) is 8.28. The van der Waals surface area contributed by atoms with Crippen LogP contribution in [0.5, 0.6) is 0 Å². The van der Waals surface area contributed by atoms with Gasteiger partial charge in [-0.1, -0.05) is 6.92 Å². The van der Waals surface area contributed by atoms with Gasteiger partial charge >= 0.3 is 5.97 Å². The first kappa shape index (κ1) is 10.5. The maximum atomic E-state index is 11.5. The van der Waals surface area contributed by atoms with Crippen molar-refractivity contribution in [2.75, 3.05) is 0 Å². The van der Waals surface area contributed by atoms with Crippen LogP contribution in [-0.2, 0) is 6.54 Å². The van der Waals surface area contributed by atoms with E-state index in [0.29, 0.717) is 12.2 Å². The highest BCUT2D eigenvalue weighted by atomic mass is 16.4. The molecule has 1 aromatic heterocycles. The van der Waals surface area contributed by atoms with Crippen molar-refractivity contribution in [3.8, 4) is 0 Å². The molecule has 4 heteroatoms. The van der Waals surface area contributed by atoms with Crippen molar-refractivity contribution in [2.24, 2.45) is 0 Å². The second-order valence-corrected chi connectivity index (χ2v) is 3.18. The monoisotopic (exact) mass is 195 g/mol. The molecule has 0 aliphatic rings. The van der Waals surface area contributed by atoms with E-state index in [0.717, 1.165) is 12.5 Å². The third kappa shape index (κ3) is 2.02. The smallest absolute Gasteiger partial charge is 0.335 e. The van der Waals surface area contributed by atoms with Crippen LogP contribution in [0.1, 0.15) is 29.4 Å². The third-order valence-electron chi connectivity index (χ3n) is 2.03. The third-order valence-corrected chi connectivity index (χ3v) is 2.03. The van der Waals surface area contributed by atoms with E-state index in [4.69, 9.17) is 5.11 Å². The topological polar surface area (TPSA) is 59.3 Å². The number of rotatable bonds is 3. The van der Waals surface area contributed by atoms with Gasteiger partial charge in [0.1, 0.15) is 0 Å². The summed E-state index contributed by atoms with van der Waals surface area (Å²) in [6.45, 7) is 4.34. The van der Waals surface area contributed by atoms with Crippen LogP contribution in [-0.4, -0.2) is 15.6 Å². The van der Waals surface area contributed by atoms with E-state index in [1.807, 2.05) is 6.92 Å². The summed E-state index contributed by atoms with van der Waals surface area (Å²) in [5.41, 5.74) is 0.501. The molecule has 0 radical (unpaired) electrons. The Balaban J connectivity index is 3.25. The predicted octanol–water partition coefficient (Wildman–Crippen LogP) is 1.26. The Hall–Kier alpha value is -1.58. The predicted molar refractivity (Wildman–Crippen MR) is 52.7 cm³/mol. The first-order valence-corrected chi connectivity index (χ1v) is 4.51. The number of carbonyl (C=O) groups is 1. The minimum Gasteiger partial charge on any atom is -0.478 e. The van der Waals surface area contributed by atoms with Gasteiger partial charge in [0.25, 0.3) is 5.56 Å². The summed E-state index contributed by atoms with van der Waals surface area (Å²) < 4.78 is 1.58. The minimum absolute atomic E-state index is 0.0554. The van der Waals surface area contributed by atoms with Crippen LogP contribution < -0.4 is 5.56 Å². The summed E-state index contributed by atoms with van der Waals surface area (Å²) in [5, 5.41) is 8.71. The fraction of sp³-hybridized carbons (Fsp3) is 0.400. The van der Waals surface area contributed by atoms with Crippen molar-refractivity contribution in [1.82, 2.24) is 4.57 Å². The van der Waals surface area contributed by atoms with Crippen molar-refractivity contribution in [3.63, 3.8) is 0 Å². The minimum atomic E-state index is -1.06. The number of pyridine rings is 1. The summed E-state index contributed by atoms with van der Waals surface area (Å²) in [6.07, 6.45) is 0.854. The Bertz CT molecular complexity index is 406. The van der Waals surface area contributed by atoms with Crippen LogP contribution in [0.25, 0.3) is 0 Å². The lowest BCUT2D eigenvalue weighted by Gasteiger charge is -2.08. The van der Waals surface area contributed by atoms with Gasteiger partial charge in [0.05, 0.1) is 5.56 Å². The van der Waals surface area contributed by atoms with Gasteiger partial charge in [0, 0.05) is 18.3 Å². The summed E-state index contributed by atoms with van der Waals surface area (Å²) in [7, 11) is 0. The SMILES string of the molecule is CCCn1c(C)cc(C(=O)O)cc1=O. The molecule has 1 heterocycles. The number of aromatic nitrogens is 1. The molecule has 0 aromatic carbocycles. The van der Waals surface area contributed by atoms with Gasteiger partial charge in [0.2, 0.25) is 0 Å². The average Bonchev–Trinajstić information content (AvgIpc) is 2.10. The molecule has 76 valence electrons. The molecule has 0 saturated heterocycles. The van der Waals surface area contributed by atoms with E-state index in [1.54, 1.807) is 11.5 Å². The Kier molecular flexibility index (Phi) is 3.06. The number of carboxylic acids is 1. The summed E-state index contributed by atoms with van der Waals surface area (Å²) in [6, 6.07) is 2.67. The molecule has 0 aliphatic heterocycles. The normalized spacial score (nSPS) is 10.1. The van der Waals surface area contributed by atoms with Gasteiger partial charge in [-0.3, -0.25) is 4.79 Å². The molecule has 1 rings (SSSR count). The van der Waals surface area contributed by atoms with Gasteiger partial charge < -0.3 is 9.67 Å². The van der Waals surface area contributed by atoms with E-state index in [-0.39, 0.29) is 11.1 Å². The van der Waals surface area contributed by atoms with Crippen molar-refractivity contribution < 1.29 is 9.90 Å². The van der Waals surface area contributed by atoms with Gasteiger partial charge in [-0.05, 0) is 19.4 Å². The number of hydrogen-bond donors (Lipinski definition) is 1. The van der Waals surface area contributed by atoms with Gasteiger partial charge in [-0.2, -0.15) is 0 Å². The van der Waals surface area contributed by atoms with Crippen molar-refractivity contribution >= 4 is 5.97 Å². The maximum absolute atomic E-state index is 11.5. The van der Waals surface area contributed by atoms with Gasteiger partial charge in [0.15, 0.2) is 0 Å². The summed E-state index contributed by atoms with van der Waals surface area (Å²) in [5.74, 6) is -1.06. The molecule has 4 nitrogen and oxygen atoms in total.